The van der Waals surface area contributed by atoms with E-state index in [9.17, 15) is 0 Å². The van der Waals surface area contributed by atoms with E-state index < -0.39 is 0 Å². The van der Waals surface area contributed by atoms with Crippen molar-refractivity contribution in [2.75, 3.05) is 0 Å². The lowest BCUT2D eigenvalue weighted by atomic mass is 9.90. The van der Waals surface area contributed by atoms with E-state index in [1.807, 2.05) is 0 Å². The first-order valence-corrected chi connectivity index (χ1v) is 10.4. The molecule has 0 spiro atoms. The maximum atomic E-state index is 3.91. The molecule has 0 amide bonds. The van der Waals surface area contributed by atoms with E-state index in [-0.39, 0.29) is 0 Å². The van der Waals surface area contributed by atoms with E-state index in [0.29, 0.717) is 0 Å². The number of hydrogen-bond acceptors (Lipinski definition) is 0. The molecule has 1 aliphatic carbocycles. The molecule has 0 saturated carbocycles. The molecule has 2 heteroatoms. The molecule has 2 aromatic carbocycles. The van der Waals surface area contributed by atoms with Crippen LogP contribution < -0.4 is 0 Å². The maximum absolute atomic E-state index is 3.91. The molecule has 0 fully saturated rings. The molecule has 1 aliphatic rings. The molecule has 0 nitrogen and oxygen atoms in total. The van der Waals surface area contributed by atoms with E-state index in [4.69, 9.17) is 0 Å². The summed E-state index contributed by atoms with van der Waals surface area (Å²) in [6.07, 6.45) is 8.51. The fraction of sp³-hybridized carbons (Fsp3) is 0.429. The van der Waals surface area contributed by atoms with Gasteiger partial charge in [-0.15, -0.1) is 0 Å². The summed E-state index contributed by atoms with van der Waals surface area (Å²) in [5.41, 5.74) is 9.04. The second-order valence-electron chi connectivity index (χ2n) is 6.48. The zero-order valence-corrected chi connectivity index (χ0v) is 17.2. The number of halogens is 2. The first-order chi connectivity index (χ1) is 11.2. The van der Waals surface area contributed by atoms with Gasteiger partial charge in [0.15, 0.2) is 0 Å². The fourth-order valence-corrected chi connectivity index (χ4v) is 5.02. The highest BCUT2D eigenvalue weighted by Gasteiger charge is 2.27. The highest BCUT2D eigenvalue weighted by atomic mass is 79.9. The molecule has 0 aliphatic heterocycles. The van der Waals surface area contributed by atoms with Crippen LogP contribution in [-0.2, 0) is 19.3 Å². The summed E-state index contributed by atoms with van der Waals surface area (Å²) in [6.45, 7) is 4.56. The van der Waals surface area contributed by atoms with Gasteiger partial charge in [-0.25, -0.2) is 0 Å². The quantitative estimate of drug-likeness (QED) is 0.376. The second kappa shape index (κ2) is 7.53. The normalized spacial score (nSPS) is 12.3. The Morgan fingerprint density at radius 2 is 1.52 bits per heavy atom. The molecule has 0 atom stereocenters. The lowest BCUT2D eigenvalue weighted by Gasteiger charge is -2.19. The molecule has 0 saturated heterocycles. The number of hydrogen-bond donors (Lipinski definition) is 0. The minimum absolute atomic E-state index is 1.09. The largest absolute Gasteiger partial charge is 0.0654 e. The van der Waals surface area contributed by atoms with Gasteiger partial charge in [-0.3, -0.25) is 0 Å². The SMILES string of the molecule is CCCCc1c(Br)c(Br)c2c(c1CCCC)Cc1ccccc1-2. The molecular formula is C21H24Br2. The van der Waals surface area contributed by atoms with Crippen molar-refractivity contribution in [2.24, 2.45) is 0 Å². The van der Waals surface area contributed by atoms with E-state index >= 15 is 0 Å². The van der Waals surface area contributed by atoms with E-state index in [2.05, 4.69) is 70.0 Å². The van der Waals surface area contributed by atoms with Crippen LogP contribution in [0, 0.1) is 0 Å². The zero-order chi connectivity index (χ0) is 16.4. The van der Waals surface area contributed by atoms with Gasteiger partial charge in [0.2, 0.25) is 0 Å². The van der Waals surface area contributed by atoms with Crippen LogP contribution in [0.1, 0.15) is 61.8 Å². The van der Waals surface area contributed by atoms with E-state index in [1.165, 1.54) is 64.2 Å². The molecule has 3 rings (SSSR count). The summed E-state index contributed by atoms with van der Waals surface area (Å²) in [6, 6.07) is 8.88. The molecule has 0 N–H and O–H groups in total. The Labute approximate surface area is 157 Å². The van der Waals surface area contributed by atoms with Crippen molar-refractivity contribution in [1.82, 2.24) is 0 Å². The van der Waals surface area contributed by atoms with Crippen molar-refractivity contribution in [3.05, 3.63) is 55.5 Å². The van der Waals surface area contributed by atoms with Crippen LogP contribution in [0.4, 0.5) is 0 Å². The molecule has 23 heavy (non-hydrogen) atoms. The topological polar surface area (TPSA) is 0 Å². The van der Waals surface area contributed by atoms with Crippen LogP contribution >= 0.6 is 31.9 Å². The van der Waals surface area contributed by atoms with Gasteiger partial charge in [0.05, 0.1) is 0 Å². The Kier molecular flexibility index (Phi) is 5.64. The van der Waals surface area contributed by atoms with Gasteiger partial charge in [0.1, 0.15) is 0 Å². The van der Waals surface area contributed by atoms with Crippen molar-refractivity contribution >= 4 is 31.9 Å². The highest BCUT2D eigenvalue weighted by molar-refractivity contribution is 9.13. The van der Waals surface area contributed by atoms with Gasteiger partial charge in [0.25, 0.3) is 0 Å². The van der Waals surface area contributed by atoms with Crippen LogP contribution in [0.25, 0.3) is 11.1 Å². The first-order valence-electron chi connectivity index (χ1n) is 8.78. The molecule has 2 aromatic rings. The number of rotatable bonds is 6. The van der Waals surface area contributed by atoms with Crippen molar-refractivity contribution in [2.45, 2.75) is 58.8 Å². The average molecular weight is 436 g/mol. The molecule has 0 radical (unpaired) electrons. The summed E-state index contributed by atoms with van der Waals surface area (Å²) in [4.78, 5) is 0. The van der Waals surface area contributed by atoms with E-state index in [0.717, 1.165) is 6.42 Å². The third kappa shape index (κ3) is 3.17. The van der Waals surface area contributed by atoms with Crippen LogP contribution in [0.15, 0.2) is 33.2 Å². The van der Waals surface area contributed by atoms with Gasteiger partial charge in [-0.1, -0.05) is 51.0 Å². The average Bonchev–Trinajstić information content (AvgIpc) is 2.95. The van der Waals surface area contributed by atoms with Crippen molar-refractivity contribution in [3.8, 4) is 11.1 Å². The predicted molar refractivity (Wildman–Crippen MR) is 107 cm³/mol. The Bertz CT molecular complexity index is 716. The number of fused-ring (bicyclic) bond motifs is 3. The van der Waals surface area contributed by atoms with Gasteiger partial charge in [-0.05, 0) is 91.8 Å². The van der Waals surface area contributed by atoms with Crippen LogP contribution in [0.2, 0.25) is 0 Å². The summed E-state index contributed by atoms with van der Waals surface area (Å²) in [5, 5.41) is 0. The monoisotopic (exact) mass is 434 g/mol. The molecule has 0 unspecified atom stereocenters. The summed E-state index contributed by atoms with van der Waals surface area (Å²) >= 11 is 7.81. The summed E-state index contributed by atoms with van der Waals surface area (Å²) in [5.74, 6) is 0. The predicted octanol–water partition coefficient (Wildman–Crippen LogP) is 7.47. The Hall–Kier alpha value is -0.600. The fourth-order valence-electron chi connectivity index (χ4n) is 3.69. The van der Waals surface area contributed by atoms with Gasteiger partial charge >= 0.3 is 0 Å². The first kappa shape index (κ1) is 17.2. The van der Waals surface area contributed by atoms with Gasteiger partial charge in [-0.2, -0.15) is 0 Å². The molecule has 0 bridgehead atoms. The second-order valence-corrected chi connectivity index (χ2v) is 8.07. The van der Waals surface area contributed by atoms with Crippen molar-refractivity contribution in [3.63, 3.8) is 0 Å². The van der Waals surface area contributed by atoms with E-state index in [1.54, 1.807) is 16.7 Å². The minimum atomic E-state index is 1.09. The van der Waals surface area contributed by atoms with Crippen LogP contribution in [-0.4, -0.2) is 0 Å². The molecular weight excluding hydrogens is 412 g/mol. The number of benzene rings is 2. The molecule has 122 valence electrons. The maximum Gasteiger partial charge on any atom is 0.0401 e. The lowest BCUT2D eigenvalue weighted by Crippen LogP contribution is -2.03. The Morgan fingerprint density at radius 3 is 2.22 bits per heavy atom. The summed E-state index contributed by atoms with van der Waals surface area (Å²) < 4.78 is 2.54. The third-order valence-corrected chi connectivity index (χ3v) is 7.12. The van der Waals surface area contributed by atoms with Crippen LogP contribution in [0.5, 0.6) is 0 Å². The van der Waals surface area contributed by atoms with Crippen molar-refractivity contribution < 1.29 is 0 Å². The Balaban J connectivity index is 2.18. The zero-order valence-electron chi connectivity index (χ0n) is 14.0. The standard InChI is InChI=1S/C21H24Br2/c1-3-5-10-16-17(11-6-4-2)20(22)21(23)19-15-12-8-7-9-14(15)13-18(16)19/h7-9,12H,3-6,10-11,13H2,1-2H3. The summed E-state index contributed by atoms with van der Waals surface area (Å²) in [7, 11) is 0. The third-order valence-electron chi connectivity index (χ3n) is 4.92. The van der Waals surface area contributed by atoms with Crippen LogP contribution in [0.3, 0.4) is 0 Å². The van der Waals surface area contributed by atoms with Crippen molar-refractivity contribution in [1.29, 1.82) is 0 Å². The highest BCUT2D eigenvalue weighted by Crippen LogP contribution is 2.48. The number of unbranched alkanes of at least 4 members (excludes halogenated alkanes) is 2. The minimum Gasteiger partial charge on any atom is -0.0654 e. The van der Waals surface area contributed by atoms with Gasteiger partial charge < -0.3 is 0 Å². The van der Waals surface area contributed by atoms with Gasteiger partial charge in [0, 0.05) is 14.5 Å². The Morgan fingerprint density at radius 1 is 0.870 bits per heavy atom. The smallest absolute Gasteiger partial charge is 0.0401 e. The lowest BCUT2D eigenvalue weighted by molar-refractivity contribution is 0.751. The molecule has 0 heterocycles. The molecule has 0 aromatic heterocycles.